The molecule has 0 atom stereocenters. The Morgan fingerprint density at radius 3 is 2.73 bits per heavy atom. The summed E-state index contributed by atoms with van der Waals surface area (Å²) in [5.74, 6) is -0.949. The van der Waals surface area contributed by atoms with Crippen molar-refractivity contribution in [2.24, 2.45) is 0 Å². The van der Waals surface area contributed by atoms with Gasteiger partial charge in [-0.2, -0.15) is 5.26 Å². The molecule has 22 heavy (non-hydrogen) atoms. The van der Waals surface area contributed by atoms with Crippen LogP contribution in [0.3, 0.4) is 0 Å². The minimum atomic E-state index is -0.580. The monoisotopic (exact) mass is 301 g/mol. The first-order chi connectivity index (χ1) is 10.7. The smallest absolute Gasteiger partial charge is 0.313 e. The molecule has 0 fully saturated rings. The van der Waals surface area contributed by atoms with Crippen LogP contribution in [0.25, 0.3) is 6.08 Å². The van der Waals surface area contributed by atoms with Gasteiger partial charge in [0.1, 0.15) is 13.0 Å². The number of nitrogens with zero attached hydrogens (tertiary/aromatic N) is 1. The summed E-state index contributed by atoms with van der Waals surface area (Å²) in [6.07, 6.45) is 3.39. The lowest BCUT2D eigenvalue weighted by Crippen LogP contribution is -2.13. The maximum atomic E-state index is 11.7. The Morgan fingerprint density at radius 2 is 2.00 bits per heavy atom. The summed E-state index contributed by atoms with van der Waals surface area (Å²) in [7, 11) is 0. The molecule has 0 aliphatic heterocycles. The summed E-state index contributed by atoms with van der Waals surface area (Å²) in [5.41, 5.74) is 1.11. The zero-order chi connectivity index (χ0) is 16.2. The molecule has 0 spiro atoms. The van der Waals surface area contributed by atoms with Crippen molar-refractivity contribution in [2.45, 2.75) is 19.8 Å². The zero-order valence-corrected chi connectivity index (χ0v) is 12.6. The van der Waals surface area contributed by atoms with E-state index in [-0.39, 0.29) is 18.8 Å². The Morgan fingerprint density at radius 1 is 1.23 bits per heavy atom. The van der Waals surface area contributed by atoms with Crippen LogP contribution in [0.15, 0.2) is 30.3 Å². The van der Waals surface area contributed by atoms with Crippen molar-refractivity contribution < 1.29 is 19.1 Å². The third kappa shape index (κ3) is 6.82. The van der Waals surface area contributed by atoms with Crippen molar-refractivity contribution in [3.8, 4) is 6.07 Å². The predicted molar refractivity (Wildman–Crippen MR) is 81.9 cm³/mol. The van der Waals surface area contributed by atoms with Gasteiger partial charge in [-0.3, -0.25) is 9.59 Å². The van der Waals surface area contributed by atoms with Crippen LogP contribution in [0.5, 0.6) is 0 Å². The van der Waals surface area contributed by atoms with Gasteiger partial charge in [0, 0.05) is 6.61 Å². The van der Waals surface area contributed by atoms with Crippen molar-refractivity contribution in [3.63, 3.8) is 0 Å². The normalized spacial score (nSPS) is 10.4. The van der Waals surface area contributed by atoms with Gasteiger partial charge < -0.3 is 9.47 Å². The molecule has 116 valence electrons. The summed E-state index contributed by atoms with van der Waals surface area (Å²) in [6, 6.07) is 8.95. The lowest BCUT2D eigenvalue weighted by atomic mass is 10.1. The second kappa shape index (κ2) is 10.3. The molecule has 0 aliphatic carbocycles. The molecule has 0 unspecified atom stereocenters. The number of carbonyl (C=O) groups is 2. The standard InChI is InChI=1S/C17H19NO4/c1-2-9-21-10-11-22-17(20)12-16(19)8-7-14-5-3-4-6-15(14)13-18/h3-8H,2,9-12H2,1H3. The number of rotatable bonds is 9. The molecule has 0 amide bonds. The van der Waals surface area contributed by atoms with Gasteiger partial charge in [0.15, 0.2) is 5.78 Å². The van der Waals surface area contributed by atoms with Gasteiger partial charge in [0.05, 0.1) is 18.2 Å². The first-order valence-electron chi connectivity index (χ1n) is 7.10. The van der Waals surface area contributed by atoms with Crippen molar-refractivity contribution in [3.05, 3.63) is 41.5 Å². The van der Waals surface area contributed by atoms with Crippen molar-refractivity contribution in [2.75, 3.05) is 19.8 Å². The number of ketones is 1. The Balaban J connectivity index is 2.38. The molecule has 5 nitrogen and oxygen atoms in total. The fourth-order valence-electron chi connectivity index (χ4n) is 1.64. The van der Waals surface area contributed by atoms with E-state index in [2.05, 4.69) is 0 Å². The quantitative estimate of drug-likeness (QED) is 0.303. The van der Waals surface area contributed by atoms with Crippen LogP contribution in [-0.2, 0) is 19.1 Å². The fraction of sp³-hybridized carbons (Fsp3) is 0.353. The van der Waals surface area contributed by atoms with E-state index in [1.54, 1.807) is 24.3 Å². The molecule has 1 aromatic rings. The minimum Gasteiger partial charge on any atom is -0.463 e. The van der Waals surface area contributed by atoms with Crippen LogP contribution < -0.4 is 0 Å². The molecule has 0 aromatic heterocycles. The van der Waals surface area contributed by atoms with Crippen molar-refractivity contribution in [1.82, 2.24) is 0 Å². The lowest BCUT2D eigenvalue weighted by Gasteiger charge is -2.04. The van der Waals surface area contributed by atoms with E-state index in [9.17, 15) is 9.59 Å². The molecule has 0 saturated heterocycles. The summed E-state index contributed by atoms with van der Waals surface area (Å²) in [4.78, 5) is 23.1. The zero-order valence-electron chi connectivity index (χ0n) is 12.6. The van der Waals surface area contributed by atoms with Crippen molar-refractivity contribution in [1.29, 1.82) is 5.26 Å². The van der Waals surface area contributed by atoms with Gasteiger partial charge >= 0.3 is 5.97 Å². The van der Waals surface area contributed by atoms with E-state index < -0.39 is 5.97 Å². The Bertz CT molecular complexity index is 572. The van der Waals surface area contributed by atoms with Crippen LogP contribution >= 0.6 is 0 Å². The predicted octanol–water partition coefficient (Wildman–Crippen LogP) is 2.50. The van der Waals surface area contributed by atoms with Crippen LogP contribution in [0.1, 0.15) is 30.9 Å². The average molecular weight is 301 g/mol. The van der Waals surface area contributed by atoms with E-state index in [1.165, 1.54) is 12.2 Å². The number of ether oxygens (including phenoxy) is 2. The summed E-state index contributed by atoms with van der Waals surface area (Å²) < 4.78 is 10.0. The molecular formula is C17H19NO4. The highest BCUT2D eigenvalue weighted by Crippen LogP contribution is 2.09. The highest BCUT2D eigenvalue weighted by molar-refractivity contribution is 6.04. The maximum absolute atomic E-state index is 11.7. The number of hydrogen-bond acceptors (Lipinski definition) is 5. The number of hydrogen-bond donors (Lipinski definition) is 0. The number of allylic oxidation sites excluding steroid dienone is 1. The summed E-state index contributed by atoms with van der Waals surface area (Å²) in [6.45, 7) is 3.09. The minimum absolute atomic E-state index is 0.146. The Labute approximate surface area is 130 Å². The molecule has 1 aromatic carbocycles. The molecule has 1 rings (SSSR count). The van der Waals surface area contributed by atoms with E-state index in [1.807, 2.05) is 13.0 Å². The van der Waals surface area contributed by atoms with E-state index >= 15 is 0 Å². The topological polar surface area (TPSA) is 76.4 Å². The highest BCUT2D eigenvalue weighted by atomic mass is 16.6. The molecule has 0 radical (unpaired) electrons. The number of benzene rings is 1. The van der Waals surface area contributed by atoms with Gasteiger partial charge in [0.2, 0.25) is 0 Å². The second-order valence-electron chi connectivity index (χ2n) is 4.51. The van der Waals surface area contributed by atoms with Gasteiger partial charge in [-0.05, 0) is 24.1 Å². The van der Waals surface area contributed by atoms with E-state index in [4.69, 9.17) is 14.7 Å². The lowest BCUT2D eigenvalue weighted by molar-refractivity contribution is -0.146. The van der Waals surface area contributed by atoms with Gasteiger partial charge in [0.25, 0.3) is 0 Å². The first-order valence-corrected chi connectivity index (χ1v) is 7.10. The molecule has 0 bridgehead atoms. The third-order valence-corrected chi connectivity index (χ3v) is 2.69. The molecule has 5 heteroatoms. The molecule has 0 saturated carbocycles. The first kappa shape index (κ1) is 17.6. The summed E-state index contributed by atoms with van der Waals surface area (Å²) >= 11 is 0. The highest BCUT2D eigenvalue weighted by Gasteiger charge is 2.08. The van der Waals surface area contributed by atoms with E-state index in [0.29, 0.717) is 24.3 Å². The van der Waals surface area contributed by atoms with Crippen LogP contribution in [0.2, 0.25) is 0 Å². The number of carbonyl (C=O) groups excluding carboxylic acids is 2. The maximum Gasteiger partial charge on any atom is 0.313 e. The van der Waals surface area contributed by atoms with E-state index in [0.717, 1.165) is 6.42 Å². The molecule has 0 heterocycles. The SMILES string of the molecule is CCCOCCOC(=O)CC(=O)C=Cc1ccccc1C#N. The van der Waals surface area contributed by atoms with Crippen LogP contribution in [0.4, 0.5) is 0 Å². The second-order valence-corrected chi connectivity index (χ2v) is 4.51. The van der Waals surface area contributed by atoms with Crippen LogP contribution in [0, 0.1) is 11.3 Å². The van der Waals surface area contributed by atoms with Gasteiger partial charge in [-0.25, -0.2) is 0 Å². The molecule has 0 aliphatic rings. The average Bonchev–Trinajstić information content (AvgIpc) is 2.53. The number of esters is 1. The van der Waals surface area contributed by atoms with Crippen LogP contribution in [-0.4, -0.2) is 31.6 Å². The molecular weight excluding hydrogens is 282 g/mol. The Hall–Kier alpha value is -2.45. The van der Waals surface area contributed by atoms with Crippen molar-refractivity contribution >= 4 is 17.8 Å². The largest absolute Gasteiger partial charge is 0.463 e. The van der Waals surface area contributed by atoms with Gasteiger partial charge in [-0.15, -0.1) is 0 Å². The fourth-order valence-corrected chi connectivity index (χ4v) is 1.64. The van der Waals surface area contributed by atoms with Gasteiger partial charge in [-0.1, -0.05) is 31.2 Å². The number of nitriles is 1. The Kier molecular flexibility index (Phi) is 8.24. The third-order valence-electron chi connectivity index (χ3n) is 2.69. The molecule has 0 N–H and O–H groups in total. The summed E-state index contributed by atoms with van der Waals surface area (Å²) in [5, 5.41) is 8.93.